The molecule has 1 saturated heterocycles. The molecule has 0 atom stereocenters. The van der Waals surface area contributed by atoms with Crippen molar-refractivity contribution in [2.75, 3.05) is 25.1 Å². The molecule has 4 nitrogen and oxygen atoms in total. The molecule has 1 fully saturated rings. The largest absolute Gasteiger partial charge is 0.467 e. The van der Waals surface area contributed by atoms with Crippen LogP contribution in [0.5, 0.6) is 6.01 Å². The van der Waals surface area contributed by atoms with Crippen LogP contribution in [0.1, 0.15) is 19.3 Å². The van der Waals surface area contributed by atoms with Crippen molar-refractivity contribution in [3.8, 4) is 6.01 Å². The first-order valence-electron chi connectivity index (χ1n) is 5.01. The van der Waals surface area contributed by atoms with Crippen LogP contribution in [0.2, 0.25) is 0 Å². The summed E-state index contributed by atoms with van der Waals surface area (Å²) in [6.45, 7) is 2.24. The Bertz CT molecular complexity index is 280. The van der Waals surface area contributed by atoms with E-state index >= 15 is 0 Å². The third-order valence-electron chi connectivity index (χ3n) is 2.52. The molecule has 0 aliphatic carbocycles. The molecule has 1 aromatic rings. The van der Waals surface area contributed by atoms with Crippen LogP contribution in [0.15, 0.2) is 12.4 Å². The van der Waals surface area contributed by atoms with E-state index in [4.69, 9.17) is 4.74 Å². The minimum absolute atomic E-state index is 0.436. The van der Waals surface area contributed by atoms with Crippen molar-refractivity contribution in [1.29, 1.82) is 0 Å². The summed E-state index contributed by atoms with van der Waals surface area (Å²) in [6.07, 6.45) is 7.54. The number of rotatable bonds is 2. The number of piperidine rings is 1. The highest BCUT2D eigenvalue weighted by Gasteiger charge is 2.11. The molecule has 2 rings (SSSR count). The van der Waals surface area contributed by atoms with Gasteiger partial charge in [0.25, 0.3) is 0 Å². The summed E-state index contributed by atoms with van der Waals surface area (Å²) < 4.78 is 4.92. The molecule has 0 amide bonds. The number of hydrogen-bond acceptors (Lipinski definition) is 4. The van der Waals surface area contributed by atoms with E-state index in [1.54, 1.807) is 7.11 Å². The highest BCUT2D eigenvalue weighted by atomic mass is 16.5. The average Bonchev–Trinajstić information content (AvgIpc) is 2.30. The van der Waals surface area contributed by atoms with Crippen molar-refractivity contribution < 1.29 is 4.74 Å². The van der Waals surface area contributed by atoms with Crippen LogP contribution in [0.4, 0.5) is 5.69 Å². The number of hydrogen-bond donors (Lipinski definition) is 0. The zero-order valence-corrected chi connectivity index (χ0v) is 8.44. The van der Waals surface area contributed by atoms with Crippen molar-refractivity contribution in [3.63, 3.8) is 0 Å². The Balaban J connectivity index is 2.07. The maximum atomic E-state index is 4.92. The SMILES string of the molecule is COc1ncc(N2CCCCC2)cn1. The van der Waals surface area contributed by atoms with Gasteiger partial charge in [-0.25, -0.2) is 9.97 Å². The van der Waals surface area contributed by atoms with Crippen LogP contribution < -0.4 is 9.64 Å². The van der Waals surface area contributed by atoms with Crippen molar-refractivity contribution in [2.24, 2.45) is 0 Å². The van der Waals surface area contributed by atoms with E-state index in [-0.39, 0.29) is 0 Å². The van der Waals surface area contributed by atoms with Gasteiger partial charge in [-0.2, -0.15) is 0 Å². The lowest BCUT2D eigenvalue weighted by Crippen LogP contribution is -2.29. The first-order chi connectivity index (χ1) is 6.90. The number of aromatic nitrogens is 2. The van der Waals surface area contributed by atoms with Gasteiger partial charge in [0.1, 0.15) is 0 Å². The Kier molecular flexibility index (Phi) is 2.81. The second-order valence-electron chi connectivity index (χ2n) is 3.48. The van der Waals surface area contributed by atoms with Gasteiger partial charge in [-0.1, -0.05) is 0 Å². The standard InChI is InChI=1S/C10H15N3O/c1-14-10-11-7-9(8-12-10)13-5-3-2-4-6-13/h7-8H,2-6H2,1H3. The Labute approximate surface area is 83.9 Å². The zero-order valence-electron chi connectivity index (χ0n) is 8.44. The Hall–Kier alpha value is -1.32. The van der Waals surface area contributed by atoms with Gasteiger partial charge in [0, 0.05) is 13.1 Å². The van der Waals surface area contributed by atoms with Crippen molar-refractivity contribution in [1.82, 2.24) is 9.97 Å². The van der Waals surface area contributed by atoms with Crippen LogP contribution in [0, 0.1) is 0 Å². The van der Waals surface area contributed by atoms with Crippen LogP contribution in [-0.2, 0) is 0 Å². The molecule has 0 saturated carbocycles. The molecule has 0 bridgehead atoms. The molecule has 0 N–H and O–H groups in total. The summed E-state index contributed by atoms with van der Waals surface area (Å²) in [5, 5.41) is 0. The molecule has 0 aromatic carbocycles. The van der Waals surface area contributed by atoms with Gasteiger partial charge in [0.2, 0.25) is 0 Å². The Morgan fingerprint density at radius 2 is 1.79 bits per heavy atom. The predicted octanol–water partition coefficient (Wildman–Crippen LogP) is 1.48. The Morgan fingerprint density at radius 3 is 2.36 bits per heavy atom. The van der Waals surface area contributed by atoms with Gasteiger partial charge in [0.05, 0.1) is 25.2 Å². The van der Waals surface area contributed by atoms with Crippen LogP contribution in [-0.4, -0.2) is 30.2 Å². The summed E-state index contributed by atoms with van der Waals surface area (Å²) in [5.74, 6) is 0. The monoisotopic (exact) mass is 193 g/mol. The normalized spacial score (nSPS) is 16.8. The summed E-state index contributed by atoms with van der Waals surface area (Å²) >= 11 is 0. The van der Waals surface area contributed by atoms with Gasteiger partial charge in [0.15, 0.2) is 0 Å². The van der Waals surface area contributed by atoms with Gasteiger partial charge in [-0.15, -0.1) is 0 Å². The van der Waals surface area contributed by atoms with Gasteiger partial charge in [-0.05, 0) is 19.3 Å². The topological polar surface area (TPSA) is 38.2 Å². The number of ether oxygens (including phenoxy) is 1. The quantitative estimate of drug-likeness (QED) is 0.713. The fourth-order valence-electron chi connectivity index (χ4n) is 1.73. The van der Waals surface area contributed by atoms with Crippen molar-refractivity contribution in [2.45, 2.75) is 19.3 Å². The molecule has 1 aliphatic heterocycles. The van der Waals surface area contributed by atoms with E-state index in [0.717, 1.165) is 18.8 Å². The number of methoxy groups -OCH3 is 1. The second-order valence-corrected chi connectivity index (χ2v) is 3.48. The van der Waals surface area contributed by atoms with E-state index in [2.05, 4.69) is 14.9 Å². The fraction of sp³-hybridized carbons (Fsp3) is 0.600. The van der Waals surface area contributed by atoms with Gasteiger partial charge >= 0.3 is 6.01 Å². The highest BCUT2D eigenvalue weighted by molar-refractivity contribution is 5.42. The van der Waals surface area contributed by atoms with E-state index in [1.807, 2.05) is 12.4 Å². The number of anilines is 1. The lowest BCUT2D eigenvalue weighted by molar-refractivity contribution is 0.379. The van der Waals surface area contributed by atoms with E-state index < -0.39 is 0 Å². The van der Waals surface area contributed by atoms with E-state index in [0.29, 0.717) is 6.01 Å². The molecule has 76 valence electrons. The zero-order chi connectivity index (χ0) is 9.80. The predicted molar refractivity (Wildman–Crippen MR) is 54.6 cm³/mol. The maximum Gasteiger partial charge on any atom is 0.316 e. The second kappa shape index (κ2) is 4.26. The third-order valence-corrected chi connectivity index (χ3v) is 2.52. The van der Waals surface area contributed by atoms with Crippen LogP contribution in [0.3, 0.4) is 0 Å². The maximum absolute atomic E-state index is 4.92. The minimum atomic E-state index is 0.436. The van der Waals surface area contributed by atoms with E-state index in [9.17, 15) is 0 Å². The summed E-state index contributed by atoms with van der Waals surface area (Å²) in [6, 6.07) is 0.436. The molecule has 0 radical (unpaired) electrons. The van der Waals surface area contributed by atoms with Crippen LogP contribution >= 0.6 is 0 Å². The summed E-state index contributed by atoms with van der Waals surface area (Å²) in [4.78, 5) is 10.5. The smallest absolute Gasteiger partial charge is 0.316 e. The van der Waals surface area contributed by atoms with E-state index in [1.165, 1.54) is 19.3 Å². The van der Waals surface area contributed by atoms with Crippen molar-refractivity contribution in [3.05, 3.63) is 12.4 Å². The highest BCUT2D eigenvalue weighted by Crippen LogP contribution is 2.18. The molecular weight excluding hydrogens is 178 g/mol. The molecule has 1 aliphatic rings. The fourth-order valence-corrected chi connectivity index (χ4v) is 1.73. The summed E-state index contributed by atoms with van der Waals surface area (Å²) in [5.41, 5.74) is 1.10. The molecule has 4 heteroatoms. The average molecular weight is 193 g/mol. The molecule has 0 unspecified atom stereocenters. The van der Waals surface area contributed by atoms with Gasteiger partial charge < -0.3 is 9.64 Å². The molecule has 2 heterocycles. The lowest BCUT2D eigenvalue weighted by Gasteiger charge is -2.27. The van der Waals surface area contributed by atoms with Crippen LogP contribution in [0.25, 0.3) is 0 Å². The lowest BCUT2D eigenvalue weighted by atomic mass is 10.1. The van der Waals surface area contributed by atoms with Gasteiger partial charge in [-0.3, -0.25) is 0 Å². The first-order valence-corrected chi connectivity index (χ1v) is 5.01. The third kappa shape index (κ3) is 1.95. The molecule has 0 spiro atoms. The summed E-state index contributed by atoms with van der Waals surface area (Å²) in [7, 11) is 1.58. The van der Waals surface area contributed by atoms with Crippen molar-refractivity contribution >= 4 is 5.69 Å². The first kappa shape index (κ1) is 9.24. The molecule has 1 aromatic heterocycles. The molecule has 14 heavy (non-hydrogen) atoms. The Morgan fingerprint density at radius 1 is 1.14 bits per heavy atom. The number of nitrogens with zero attached hydrogens (tertiary/aromatic N) is 3. The minimum Gasteiger partial charge on any atom is -0.467 e. The molecular formula is C10H15N3O.